The maximum absolute atomic E-state index is 12.5. The van der Waals surface area contributed by atoms with Crippen molar-refractivity contribution in [3.8, 4) is 0 Å². The first kappa shape index (κ1) is 9.83. The third-order valence-corrected chi connectivity index (χ3v) is 2.87. The van der Waals surface area contributed by atoms with E-state index >= 15 is 0 Å². The molecule has 2 fully saturated rings. The average molecular weight is 204 g/mol. The topological polar surface area (TPSA) is 41.1 Å². The van der Waals surface area contributed by atoms with E-state index in [9.17, 15) is 13.6 Å². The quantitative estimate of drug-likeness (QED) is 0.688. The number of halogens is 2. The summed E-state index contributed by atoms with van der Waals surface area (Å²) in [6.07, 6.45) is 0.423. The Hall–Kier alpha value is -0.710. The second-order valence-electron chi connectivity index (χ2n) is 4.16. The molecule has 1 saturated carbocycles. The minimum Gasteiger partial charge on any atom is -0.353 e. The predicted molar refractivity (Wildman–Crippen MR) is 47.1 cm³/mol. The van der Waals surface area contributed by atoms with Crippen LogP contribution in [0.25, 0.3) is 0 Å². The number of hydrogen-bond donors (Lipinski definition) is 2. The molecule has 1 heterocycles. The molecule has 1 saturated heterocycles. The highest BCUT2D eigenvalue weighted by Gasteiger charge is 2.46. The maximum atomic E-state index is 12.5. The van der Waals surface area contributed by atoms with Gasteiger partial charge in [-0.15, -0.1) is 0 Å². The Morgan fingerprint density at radius 2 is 2.14 bits per heavy atom. The lowest BCUT2D eigenvalue weighted by Crippen LogP contribution is -2.52. The van der Waals surface area contributed by atoms with Gasteiger partial charge in [0.15, 0.2) is 0 Å². The van der Waals surface area contributed by atoms with Gasteiger partial charge in [0.2, 0.25) is 5.91 Å². The summed E-state index contributed by atoms with van der Waals surface area (Å²) in [5, 5.41) is 5.72. The molecule has 1 atom stereocenters. The summed E-state index contributed by atoms with van der Waals surface area (Å²) < 4.78 is 24.9. The van der Waals surface area contributed by atoms with E-state index in [1.807, 2.05) is 0 Å². The summed E-state index contributed by atoms with van der Waals surface area (Å²) in [5.41, 5.74) is 0. The highest BCUT2D eigenvalue weighted by Crippen LogP contribution is 2.37. The molecule has 2 rings (SSSR count). The summed E-state index contributed by atoms with van der Waals surface area (Å²) in [6, 6.07) is -0.307. The molecule has 0 spiro atoms. The van der Waals surface area contributed by atoms with Crippen molar-refractivity contribution in [2.75, 3.05) is 13.1 Å². The largest absolute Gasteiger partial charge is 0.353 e. The van der Waals surface area contributed by atoms with E-state index in [-0.39, 0.29) is 30.7 Å². The lowest BCUT2D eigenvalue weighted by molar-refractivity contribution is -0.132. The Bertz CT molecular complexity index is 231. The van der Waals surface area contributed by atoms with Crippen LogP contribution in [0, 0.1) is 5.92 Å². The average Bonchev–Trinajstić information content (AvgIpc) is 2.51. The van der Waals surface area contributed by atoms with Gasteiger partial charge >= 0.3 is 0 Å². The SMILES string of the molecule is O=C(NC1CC(F)(F)C1)C1CCNC1. The molecule has 1 aliphatic heterocycles. The first-order valence-corrected chi connectivity index (χ1v) is 4.96. The van der Waals surface area contributed by atoms with Gasteiger partial charge in [-0.2, -0.15) is 0 Å². The standard InChI is InChI=1S/C9H14F2N2O/c10-9(11)3-7(4-9)13-8(14)6-1-2-12-5-6/h6-7,12H,1-5H2,(H,13,14). The van der Waals surface area contributed by atoms with E-state index in [0.717, 1.165) is 13.0 Å². The van der Waals surface area contributed by atoms with Gasteiger partial charge in [-0.05, 0) is 13.0 Å². The molecular weight excluding hydrogens is 190 g/mol. The van der Waals surface area contributed by atoms with Gasteiger partial charge in [0.05, 0.1) is 5.92 Å². The molecule has 80 valence electrons. The fraction of sp³-hybridized carbons (Fsp3) is 0.889. The third kappa shape index (κ3) is 2.03. The molecule has 2 N–H and O–H groups in total. The van der Waals surface area contributed by atoms with Gasteiger partial charge in [0, 0.05) is 25.4 Å². The normalized spacial score (nSPS) is 31.1. The third-order valence-electron chi connectivity index (χ3n) is 2.87. The Morgan fingerprint density at radius 3 is 2.64 bits per heavy atom. The second-order valence-corrected chi connectivity index (χ2v) is 4.16. The lowest BCUT2D eigenvalue weighted by Gasteiger charge is -2.35. The highest BCUT2D eigenvalue weighted by atomic mass is 19.3. The summed E-state index contributed by atoms with van der Waals surface area (Å²) in [7, 11) is 0. The van der Waals surface area contributed by atoms with Crippen LogP contribution < -0.4 is 10.6 Å². The van der Waals surface area contributed by atoms with Crippen molar-refractivity contribution in [2.45, 2.75) is 31.2 Å². The van der Waals surface area contributed by atoms with Gasteiger partial charge in [-0.25, -0.2) is 8.78 Å². The first-order chi connectivity index (χ1) is 6.57. The zero-order chi connectivity index (χ0) is 10.2. The van der Waals surface area contributed by atoms with Gasteiger partial charge in [0.25, 0.3) is 5.92 Å². The van der Waals surface area contributed by atoms with Crippen LogP contribution in [-0.2, 0) is 4.79 Å². The molecule has 2 aliphatic rings. The van der Waals surface area contributed by atoms with E-state index in [0.29, 0.717) is 6.54 Å². The zero-order valence-electron chi connectivity index (χ0n) is 7.85. The number of rotatable bonds is 2. The predicted octanol–water partition coefficient (Wildman–Crippen LogP) is 0.510. The Kier molecular flexibility index (Phi) is 2.43. The number of hydrogen-bond acceptors (Lipinski definition) is 2. The van der Waals surface area contributed by atoms with Crippen molar-refractivity contribution >= 4 is 5.91 Å². The molecular formula is C9H14F2N2O. The van der Waals surface area contributed by atoms with E-state index in [1.54, 1.807) is 0 Å². The maximum Gasteiger partial charge on any atom is 0.252 e. The molecule has 0 aromatic heterocycles. The van der Waals surface area contributed by atoms with Crippen molar-refractivity contribution in [1.29, 1.82) is 0 Å². The molecule has 0 radical (unpaired) electrons. The molecule has 5 heteroatoms. The van der Waals surface area contributed by atoms with E-state index < -0.39 is 5.92 Å². The smallest absolute Gasteiger partial charge is 0.252 e. The zero-order valence-corrected chi connectivity index (χ0v) is 7.85. The fourth-order valence-electron chi connectivity index (χ4n) is 1.96. The Labute approximate surface area is 81.2 Å². The number of amides is 1. The number of nitrogens with one attached hydrogen (secondary N) is 2. The minimum absolute atomic E-state index is 0.0239. The van der Waals surface area contributed by atoms with Crippen LogP contribution in [-0.4, -0.2) is 31.0 Å². The number of carbonyl (C=O) groups is 1. The number of alkyl halides is 2. The van der Waals surface area contributed by atoms with Crippen LogP contribution in [0.2, 0.25) is 0 Å². The van der Waals surface area contributed by atoms with Crippen molar-refractivity contribution in [1.82, 2.24) is 10.6 Å². The van der Waals surface area contributed by atoms with Crippen LogP contribution in [0.5, 0.6) is 0 Å². The molecule has 1 amide bonds. The molecule has 0 aromatic carbocycles. The Morgan fingerprint density at radius 1 is 1.43 bits per heavy atom. The van der Waals surface area contributed by atoms with Crippen LogP contribution in [0.3, 0.4) is 0 Å². The van der Waals surface area contributed by atoms with Crippen molar-refractivity contribution in [3.63, 3.8) is 0 Å². The molecule has 0 bridgehead atoms. The Balaban J connectivity index is 1.73. The summed E-state index contributed by atoms with van der Waals surface area (Å²) >= 11 is 0. The van der Waals surface area contributed by atoms with Crippen molar-refractivity contribution in [3.05, 3.63) is 0 Å². The number of carbonyl (C=O) groups excluding carboxylic acids is 1. The lowest BCUT2D eigenvalue weighted by atomic mass is 9.88. The monoisotopic (exact) mass is 204 g/mol. The van der Waals surface area contributed by atoms with E-state index in [1.165, 1.54) is 0 Å². The van der Waals surface area contributed by atoms with Gasteiger partial charge < -0.3 is 10.6 Å². The second kappa shape index (κ2) is 3.46. The first-order valence-electron chi connectivity index (χ1n) is 4.96. The van der Waals surface area contributed by atoms with E-state index in [4.69, 9.17) is 0 Å². The molecule has 3 nitrogen and oxygen atoms in total. The van der Waals surface area contributed by atoms with Crippen LogP contribution in [0.4, 0.5) is 8.78 Å². The van der Waals surface area contributed by atoms with Crippen molar-refractivity contribution in [2.24, 2.45) is 5.92 Å². The van der Waals surface area contributed by atoms with Gasteiger partial charge in [-0.3, -0.25) is 4.79 Å². The van der Waals surface area contributed by atoms with Crippen LogP contribution >= 0.6 is 0 Å². The van der Waals surface area contributed by atoms with Crippen molar-refractivity contribution < 1.29 is 13.6 Å². The van der Waals surface area contributed by atoms with Gasteiger partial charge in [-0.1, -0.05) is 0 Å². The summed E-state index contributed by atoms with van der Waals surface area (Å²) in [4.78, 5) is 11.5. The molecule has 1 unspecified atom stereocenters. The summed E-state index contributed by atoms with van der Waals surface area (Å²) in [5.74, 6) is -2.65. The molecule has 0 aromatic rings. The molecule has 1 aliphatic carbocycles. The van der Waals surface area contributed by atoms with E-state index in [2.05, 4.69) is 10.6 Å². The molecule has 14 heavy (non-hydrogen) atoms. The fourth-order valence-corrected chi connectivity index (χ4v) is 1.96. The highest BCUT2D eigenvalue weighted by molar-refractivity contribution is 5.79. The van der Waals surface area contributed by atoms with Gasteiger partial charge in [0.1, 0.15) is 0 Å². The van der Waals surface area contributed by atoms with Crippen LogP contribution in [0.1, 0.15) is 19.3 Å². The summed E-state index contributed by atoms with van der Waals surface area (Å²) in [6.45, 7) is 1.52. The van der Waals surface area contributed by atoms with Crippen LogP contribution in [0.15, 0.2) is 0 Å². The minimum atomic E-state index is -2.55.